The van der Waals surface area contributed by atoms with E-state index < -0.39 is 0 Å². The van der Waals surface area contributed by atoms with E-state index in [0.29, 0.717) is 30.4 Å². The predicted molar refractivity (Wildman–Crippen MR) is 75.0 cm³/mol. The van der Waals surface area contributed by atoms with Crippen LogP contribution in [0.2, 0.25) is 0 Å². The lowest BCUT2D eigenvalue weighted by Gasteiger charge is -2.17. The predicted octanol–water partition coefficient (Wildman–Crippen LogP) is 2.68. The lowest BCUT2D eigenvalue weighted by Crippen LogP contribution is -2.31. The molecule has 1 aromatic carbocycles. The Bertz CT molecular complexity index is 476. The first-order chi connectivity index (χ1) is 8.97. The van der Waals surface area contributed by atoms with Crippen molar-refractivity contribution in [3.05, 3.63) is 35.4 Å². The number of carbonyl (C=O) groups excluding carboxylic acids is 2. The molecular weight excluding hydrogens is 238 g/mol. The van der Waals surface area contributed by atoms with Gasteiger partial charge >= 0.3 is 0 Å². The maximum atomic E-state index is 12.1. The first-order valence-electron chi connectivity index (χ1n) is 6.85. The summed E-state index contributed by atoms with van der Waals surface area (Å²) in [7, 11) is 0. The van der Waals surface area contributed by atoms with E-state index in [1.165, 1.54) is 0 Å². The van der Waals surface area contributed by atoms with Gasteiger partial charge in [0.2, 0.25) is 5.91 Å². The average molecular weight is 259 g/mol. The SMILES string of the molecule is Cc1ccc(C(=O)CN2CC(C(C)C)CC2=O)cc1. The third-order valence-electron chi connectivity index (χ3n) is 3.90. The standard InChI is InChI=1S/C16H21NO2/c1-11(2)14-8-16(19)17(9-14)10-15(18)13-6-4-12(3)5-7-13/h4-7,11,14H,8-10H2,1-3H3. The van der Waals surface area contributed by atoms with Crippen LogP contribution in [0.25, 0.3) is 0 Å². The molecule has 3 heteroatoms. The van der Waals surface area contributed by atoms with Crippen molar-refractivity contribution in [2.75, 3.05) is 13.1 Å². The number of hydrogen-bond acceptors (Lipinski definition) is 2. The minimum Gasteiger partial charge on any atom is -0.335 e. The quantitative estimate of drug-likeness (QED) is 0.780. The van der Waals surface area contributed by atoms with Crippen molar-refractivity contribution >= 4 is 11.7 Å². The highest BCUT2D eigenvalue weighted by Gasteiger charge is 2.32. The molecule has 0 N–H and O–H groups in total. The smallest absolute Gasteiger partial charge is 0.223 e. The van der Waals surface area contributed by atoms with E-state index >= 15 is 0 Å². The number of amides is 1. The van der Waals surface area contributed by atoms with Crippen LogP contribution in [0, 0.1) is 18.8 Å². The third kappa shape index (κ3) is 3.22. The largest absolute Gasteiger partial charge is 0.335 e. The van der Waals surface area contributed by atoms with Crippen molar-refractivity contribution in [1.29, 1.82) is 0 Å². The molecule has 0 aliphatic carbocycles. The van der Waals surface area contributed by atoms with E-state index in [1.54, 1.807) is 4.90 Å². The molecule has 1 heterocycles. The van der Waals surface area contributed by atoms with Crippen LogP contribution in [-0.4, -0.2) is 29.7 Å². The molecule has 1 unspecified atom stereocenters. The highest BCUT2D eigenvalue weighted by molar-refractivity contribution is 5.99. The van der Waals surface area contributed by atoms with Crippen molar-refractivity contribution < 1.29 is 9.59 Å². The fourth-order valence-electron chi connectivity index (χ4n) is 2.41. The number of likely N-dealkylation sites (tertiary alicyclic amines) is 1. The summed E-state index contributed by atoms with van der Waals surface area (Å²) in [5.74, 6) is 1.01. The highest BCUT2D eigenvalue weighted by atomic mass is 16.2. The first-order valence-corrected chi connectivity index (χ1v) is 6.85. The van der Waals surface area contributed by atoms with E-state index in [0.717, 1.165) is 5.56 Å². The Morgan fingerprint density at radius 1 is 1.32 bits per heavy atom. The molecule has 1 atom stereocenters. The van der Waals surface area contributed by atoms with Gasteiger partial charge in [0.05, 0.1) is 6.54 Å². The summed E-state index contributed by atoms with van der Waals surface area (Å²) in [5.41, 5.74) is 1.82. The number of aryl methyl sites for hydroxylation is 1. The van der Waals surface area contributed by atoms with E-state index in [9.17, 15) is 9.59 Å². The number of hydrogen-bond donors (Lipinski definition) is 0. The van der Waals surface area contributed by atoms with Gasteiger partial charge in [0.15, 0.2) is 5.78 Å². The number of ketones is 1. The molecule has 0 bridgehead atoms. The van der Waals surface area contributed by atoms with Gasteiger partial charge in [0, 0.05) is 18.5 Å². The average Bonchev–Trinajstić information content (AvgIpc) is 2.72. The number of carbonyl (C=O) groups is 2. The summed E-state index contributed by atoms with van der Waals surface area (Å²) in [6.45, 7) is 7.18. The molecule has 1 saturated heterocycles. The van der Waals surface area contributed by atoms with Gasteiger partial charge in [-0.2, -0.15) is 0 Å². The summed E-state index contributed by atoms with van der Waals surface area (Å²) in [5, 5.41) is 0. The van der Waals surface area contributed by atoms with Gasteiger partial charge in [-0.15, -0.1) is 0 Å². The molecule has 0 aromatic heterocycles. The van der Waals surface area contributed by atoms with Gasteiger partial charge in [-0.25, -0.2) is 0 Å². The van der Waals surface area contributed by atoms with Crippen molar-refractivity contribution in [2.45, 2.75) is 27.2 Å². The van der Waals surface area contributed by atoms with Crippen LogP contribution in [0.15, 0.2) is 24.3 Å². The lowest BCUT2D eigenvalue weighted by atomic mass is 9.95. The Morgan fingerprint density at radius 2 is 1.95 bits per heavy atom. The Balaban J connectivity index is 2.00. The van der Waals surface area contributed by atoms with Gasteiger partial charge in [-0.3, -0.25) is 9.59 Å². The number of rotatable bonds is 4. The zero-order chi connectivity index (χ0) is 14.0. The minimum atomic E-state index is 0.0257. The van der Waals surface area contributed by atoms with Gasteiger partial charge < -0.3 is 4.90 Å². The van der Waals surface area contributed by atoms with Crippen molar-refractivity contribution in [3.63, 3.8) is 0 Å². The summed E-state index contributed by atoms with van der Waals surface area (Å²) in [6, 6.07) is 7.52. The first kappa shape index (κ1) is 13.8. The van der Waals surface area contributed by atoms with Crippen LogP contribution in [0.1, 0.15) is 36.2 Å². The summed E-state index contributed by atoms with van der Waals surface area (Å²) in [6.07, 6.45) is 0.582. The Morgan fingerprint density at radius 3 is 2.47 bits per heavy atom. The Hall–Kier alpha value is -1.64. The molecule has 0 radical (unpaired) electrons. The van der Waals surface area contributed by atoms with Crippen LogP contribution < -0.4 is 0 Å². The summed E-state index contributed by atoms with van der Waals surface area (Å²) in [4.78, 5) is 25.7. The Labute approximate surface area is 114 Å². The second kappa shape index (κ2) is 5.55. The fourth-order valence-corrected chi connectivity index (χ4v) is 2.41. The second-order valence-electron chi connectivity index (χ2n) is 5.77. The summed E-state index contributed by atoms with van der Waals surface area (Å²) < 4.78 is 0. The Kier molecular flexibility index (Phi) is 4.03. The molecule has 1 fully saturated rings. The van der Waals surface area contributed by atoms with Crippen LogP contribution in [0.3, 0.4) is 0 Å². The monoisotopic (exact) mass is 259 g/mol. The van der Waals surface area contributed by atoms with E-state index in [2.05, 4.69) is 13.8 Å². The third-order valence-corrected chi connectivity index (χ3v) is 3.90. The maximum absolute atomic E-state index is 12.1. The molecule has 19 heavy (non-hydrogen) atoms. The minimum absolute atomic E-state index is 0.0257. The molecular formula is C16H21NO2. The van der Waals surface area contributed by atoms with E-state index in [4.69, 9.17) is 0 Å². The fraction of sp³-hybridized carbons (Fsp3) is 0.500. The number of nitrogens with zero attached hydrogens (tertiary/aromatic N) is 1. The molecule has 1 amide bonds. The molecule has 0 saturated carbocycles. The molecule has 102 valence electrons. The van der Waals surface area contributed by atoms with Gasteiger partial charge in [-0.1, -0.05) is 43.7 Å². The van der Waals surface area contributed by atoms with Crippen LogP contribution in [0.4, 0.5) is 0 Å². The number of Topliss-reactive ketones (excluding diaryl/α,β-unsaturated/α-hetero) is 1. The van der Waals surface area contributed by atoms with E-state index in [-0.39, 0.29) is 18.2 Å². The second-order valence-corrected chi connectivity index (χ2v) is 5.77. The molecule has 2 rings (SSSR count). The van der Waals surface area contributed by atoms with Gasteiger partial charge in [0.1, 0.15) is 0 Å². The maximum Gasteiger partial charge on any atom is 0.223 e. The zero-order valence-electron chi connectivity index (χ0n) is 11.8. The number of benzene rings is 1. The molecule has 1 aliphatic heterocycles. The molecule has 0 spiro atoms. The summed E-state index contributed by atoms with van der Waals surface area (Å²) >= 11 is 0. The van der Waals surface area contributed by atoms with Gasteiger partial charge in [0.25, 0.3) is 0 Å². The zero-order valence-corrected chi connectivity index (χ0v) is 11.8. The topological polar surface area (TPSA) is 37.4 Å². The normalized spacial score (nSPS) is 19.3. The van der Waals surface area contributed by atoms with Crippen molar-refractivity contribution in [1.82, 2.24) is 4.90 Å². The molecule has 1 aromatic rings. The molecule has 3 nitrogen and oxygen atoms in total. The highest BCUT2D eigenvalue weighted by Crippen LogP contribution is 2.24. The molecule has 1 aliphatic rings. The van der Waals surface area contributed by atoms with Crippen LogP contribution >= 0.6 is 0 Å². The van der Waals surface area contributed by atoms with Gasteiger partial charge in [-0.05, 0) is 18.8 Å². The lowest BCUT2D eigenvalue weighted by molar-refractivity contribution is -0.127. The van der Waals surface area contributed by atoms with E-state index in [1.807, 2.05) is 31.2 Å². The van der Waals surface area contributed by atoms with Crippen molar-refractivity contribution in [2.24, 2.45) is 11.8 Å². The van der Waals surface area contributed by atoms with Crippen molar-refractivity contribution in [3.8, 4) is 0 Å². The van der Waals surface area contributed by atoms with Crippen LogP contribution in [0.5, 0.6) is 0 Å². The van der Waals surface area contributed by atoms with Crippen LogP contribution in [-0.2, 0) is 4.79 Å².